The number of para-hydroxylation sites is 1. The fourth-order valence-electron chi connectivity index (χ4n) is 7.03. The number of pyridine rings is 1. The van der Waals surface area contributed by atoms with E-state index >= 15 is 0 Å². The maximum Gasteiger partial charge on any atom is 0.231 e. The maximum atomic E-state index is 14.3. The van der Waals surface area contributed by atoms with Crippen molar-refractivity contribution in [2.75, 3.05) is 42.1 Å². The molecule has 246 valence electrons. The Morgan fingerprint density at radius 2 is 1.83 bits per heavy atom. The van der Waals surface area contributed by atoms with E-state index in [9.17, 15) is 22.0 Å². The number of benzene rings is 2. The molecular weight excluding hydrogens is 647 g/mol. The summed E-state index contributed by atoms with van der Waals surface area (Å²) in [5.74, 6) is -2.52. The van der Waals surface area contributed by atoms with Gasteiger partial charge in [0.2, 0.25) is 15.9 Å². The van der Waals surface area contributed by atoms with Gasteiger partial charge < -0.3 is 16.0 Å². The lowest BCUT2D eigenvalue weighted by atomic mass is 9.73. The van der Waals surface area contributed by atoms with Crippen molar-refractivity contribution in [3.8, 4) is 11.1 Å². The third-order valence-electron chi connectivity index (χ3n) is 9.06. The predicted molar refractivity (Wildman–Crippen MR) is 179 cm³/mol. The zero-order valence-corrected chi connectivity index (χ0v) is 27.5. The molecule has 15 heteroatoms. The quantitative estimate of drug-likeness (QED) is 0.209. The van der Waals surface area contributed by atoms with Crippen LogP contribution in [0.25, 0.3) is 32.4 Å². The number of aromatic nitrogens is 4. The molecule has 4 N–H and O–H groups in total. The number of primary amides is 1. The number of thiazole rings is 1. The summed E-state index contributed by atoms with van der Waals surface area (Å²) >= 11 is 1.53. The van der Waals surface area contributed by atoms with E-state index in [1.807, 2.05) is 12.1 Å². The van der Waals surface area contributed by atoms with Crippen molar-refractivity contribution in [2.24, 2.45) is 18.2 Å². The van der Waals surface area contributed by atoms with Crippen LogP contribution in [0.5, 0.6) is 0 Å². The minimum absolute atomic E-state index is 0.0883. The van der Waals surface area contributed by atoms with Gasteiger partial charge in [0.15, 0.2) is 16.6 Å². The summed E-state index contributed by atoms with van der Waals surface area (Å²) in [5.41, 5.74) is 9.37. The van der Waals surface area contributed by atoms with Crippen LogP contribution in [0.2, 0.25) is 0 Å². The van der Waals surface area contributed by atoms with E-state index in [0.717, 1.165) is 61.2 Å². The number of fused-ring (bicyclic) bond motifs is 2. The van der Waals surface area contributed by atoms with Gasteiger partial charge in [-0.3, -0.25) is 14.2 Å². The average Bonchev–Trinajstić information content (AvgIpc) is 3.53. The Balaban J connectivity index is 1.38. The van der Waals surface area contributed by atoms with Crippen molar-refractivity contribution in [3.05, 3.63) is 65.4 Å². The molecule has 1 amide bonds. The van der Waals surface area contributed by atoms with E-state index in [1.54, 1.807) is 23.9 Å². The molecule has 5 heterocycles. The van der Waals surface area contributed by atoms with Crippen LogP contribution >= 0.6 is 11.3 Å². The number of carbonyl (C=O) groups is 1. The highest BCUT2D eigenvalue weighted by Gasteiger charge is 2.44. The van der Waals surface area contributed by atoms with Gasteiger partial charge in [0.25, 0.3) is 0 Å². The number of nitrogens with zero attached hydrogens (tertiary/aromatic N) is 5. The van der Waals surface area contributed by atoms with Gasteiger partial charge in [0, 0.05) is 60.5 Å². The zero-order chi connectivity index (χ0) is 33.1. The number of hydrogen-bond donors (Lipinski definition) is 3. The van der Waals surface area contributed by atoms with Crippen LogP contribution in [0, 0.1) is 17.0 Å². The molecule has 47 heavy (non-hydrogen) atoms. The zero-order valence-electron chi connectivity index (χ0n) is 25.9. The van der Waals surface area contributed by atoms with Gasteiger partial charge in [-0.2, -0.15) is 10.1 Å². The highest BCUT2D eigenvalue weighted by atomic mass is 32.2. The molecule has 1 spiro atoms. The van der Waals surface area contributed by atoms with Crippen molar-refractivity contribution < 1.29 is 22.0 Å². The predicted octanol–water partition coefficient (Wildman–Crippen LogP) is 4.29. The second-order valence-electron chi connectivity index (χ2n) is 12.7. The van der Waals surface area contributed by atoms with Crippen LogP contribution in [0.1, 0.15) is 36.4 Å². The molecule has 0 aliphatic carbocycles. The van der Waals surface area contributed by atoms with Gasteiger partial charge in [-0.15, -0.1) is 0 Å². The fourth-order valence-corrected chi connectivity index (χ4v) is 8.48. The molecule has 2 aliphatic heterocycles. The SMILES string of the molecule is Cn1nc(NS(C)(=O)=O)c2cccc(-c3cc4sc(N5CC6(CCNCC6)C5)nc4nc3[C@H](CC(N)=O)Cc3cc(F)cc(F)c3)c21. The molecule has 5 aromatic rings. The highest BCUT2D eigenvalue weighted by Crippen LogP contribution is 2.45. The topological polar surface area (TPSA) is 148 Å². The van der Waals surface area contributed by atoms with Gasteiger partial charge in [-0.25, -0.2) is 22.2 Å². The second kappa shape index (κ2) is 11.8. The molecule has 3 aromatic heterocycles. The van der Waals surface area contributed by atoms with E-state index < -0.39 is 33.5 Å². The van der Waals surface area contributed by atoms with Gasteiger partial charge >= 0.3 is 0 Å². The molecule has 0 bridgehead atoms. The van der Waals surface area contributed by atoms with Crippen LogP contribution in [0.4, 0.5) is 19.7 Å². The molecular formula is C32H34F2N8O3S2. The minimum atomic E-state index is -3.62. The Bertz CT molecular complexity index is 2110. The molecule has 2 aliphatic rings. The first kappa shape index (κ1) is 31.4. The number of aryl methyl sites for hydroxylation is 1. The van der Waals surface area contributed by atoms with Gasteiger partial charge in [-0.05, 0) is 62.2 Å². The Morgan fingerprint density at radius 3 is 2.51 bits per heavy atom. The molecule has 2 saturated heterocycles. The number of amides is 1. The Kier molecular flexibility index (Phi) is 7.88. The van der Waals surface area contributed by atoms with E-state index in [0.29, 0.717) is 44.3 Å². The van der Waals surface area contributed by atoms with E-state index in [-0.39, 0.29) is 18.7 Å². The summed E-state index contributed by atoms with van der Waals surface area (Å²) in [7, 11) is -1.90. The number of sulfonamides is 1. The molecule has 0 unspecified atom stereocenters. The number of piperidine rings is 1. The number of rotatable bonds is 9. The number of nitrogens with two attached hydrogens (primary N) is 1. The van der Waals surface area contributed by atoms with E-state index in [4.69, 9.17) is 15.7 Å². The summed E-state index contributed by atoms with van der Waals surface area (Å²) in [6.07, 6.45) is 3.27. The lowest BCUT2D eigenvalue weighted by Crippen LogP contribution is -2.60. The number of halogens is 2. The van der Waals surface area contributed by atoms with Crippen LogP contribution < -0.4 is 20.7 Å². The van der Waals surface area contributed by atoms with Gasteiger partial charge in [0.1, 0.15) is 11.6 Å². The van der Waals surface area contributed by atoms with Crippen LogP contribution in [-0.4, -0.2) is 66.5 Å². The molecule has 0 saturated carbocycles. The van der Waals surface area contributed by atoms with Crippen LogP contribution in [0.15, 0.2) is 42.5 Å². The van der Waals surface area contributed by atoms with E-state index in [2.05, 4.69) is 20.0 Å². The maximum absolute atomic E-state index is 14.3. The average molecular weight is 681 g/mol. The summed E-state index contributed by atoms with van der Waals surface area (Å²) < 4.78 is 57.7. The summed E-state index contributed by atoms with van der Waals surface area (Å²) in [4.78, 5) is 24.7. The fraction of sp³-hybridized carbons (Fsp3) is 0.375. The van der Waals surface area contributed by atoms with Gasteiger partial charge in [0.05, 0.1) is 22.2 Å². The lowest BCUT2D eigenvalue weighted by molar-refractivity contribution is -0.118. The smallest absolute Gasteiger partial charge is 0.231 e. The van der Waals surface area contributed by atoms with Gasteiger partial charge in [-0.1, -0.05) is 23.5 Å². The van der Waals surface area contributed by atoms with Crippen molar-refractivity contribution in [2.45, 2.75) is 31.6 Å². The summed E-state index contributed by atoms with van der Waals surface area (Å²) in [6, 6.07) is 10.7. The number of anilines is 2. The first-order chi connectivity index (χ1) is 22.4. The third kappa shape index (κ3) is 6.26. The Morgan fingerprint density at radius 1 is 1.11 bits per heavy atom. The number of carbonyl (C=O) groups excluding carboxylic acids is 1. The van der Waals surface area contributed by atoms with Crippen molar-refractivity contribution >= 4 is 59.5 Å². The van der Waals surface area contributed by atoms with Crippen LogP contribution in [-0.2, 0) is 28.3 Å². The number of hydrogen-bond acceptors (Lipinski definition) is 9. The Labute approximate surface area is 274 Å². The standard InChI is InChI=1S/C32H34F2N8O3S2/c1-41-28-22(4-3-5-23(28)29(39-41)40-47(2,44)45)24-15-25-30(38-31(46-25)42-16-32(17-42)6-8-36-9-7-32)37-27(24)19(13-26(35)43)10-18-11-20(33)14-21(34)12-18/h3-5,11-12,14-15,19,36H,6-10,13,16-17H2,1-2H3,(H2,35,43)(H,39,40)/t19-/m0/s1. The molecule has 2 aromatic carbocycles. The minimum Gasteiger partial charge on any atom is -0.370 e. The highest BCUT2D eigenvalue weighted by molar-refractivity contribution is 7.92. The molecule has 7 rings (SSSR count). The molecule has 11 nitrogen and oxygen atoms in total. The second-order valence-corrected chi connectivity index (χ2v) is 15.5. The summed E-state index contributed by atoms with van der Waals surface area (Å²) in [6.45, 7) is 3.88. The Hall–Kier alpha value is -4.21. The van der Waals surface area contributed by atoms with Crippen molar-refractivity contribution in [3.63, 3.8) is 0 Å². The monoisotopic (exact) mass is 680 g/mol. The first-order valence-corrected chi connectivity index (χ1v) is 18.0. The molecule has 0 radical (unpaired) electrons. The van der Waals surface area contributed by atoms with Crippen LogP contribution in [0.3, 0.4) is 0 Å². The van der Waals surface area contributed by atoms with Crippen molar-refractivity contribution in [1.29, 1.82) is 0 Å². The largest absolute Gasteiger partial charge is 0.370 e. The third-order valence-corrected chi connectivity index (χ3v) is 10.7. The summed E-state index contributed by atoms with van der Waals surface area (Å²) in [5, 5.41) is 9.31. The lowest BCUT2D eigenvalue weighted by Gasteiger charge is -2.52. The normalized spacial score (nSPS) is 16.9. The first-order valence-electron chi connectivity index (χ1n) is 15.3. The molecule has 1 atom stereocenters. The van der Waals surface area contributed by atoms with E-state index in [1.165, 1.54) is 23.5 Å². The number of nitrogens with one attached hydrogen (secondary N) is 2. The molecule has 2 fully saturated rings. The van der Waals surface area contributed by atoms with Crippen molar-refractivity contribution in [1.82, 2.24) is 25.1 Å².